The lowest BCUT2D eigenvalue weighted by atomic mass is 10.1. The van der Waals surface area contributed by atoms with Crippen molar-refractivity contribution in [1.29, 1.82) is 0 Å². The third-order valence-corrected chi connectivity index (χ3v) is 3.37. The van der Waals surface area contributed by atoms with Crippen LogP contribution in [0.5, 0.6) is 0 Å². The first-order valence-electron chi connectivity index (χ1n) is 6.75. The minimum Gasteiger partial charge on any atom is -0.388 e. The van der Waals surface area contributed by atoms with E-state index < -0.39 is 0 Å². The Bertz CT molecular complexity index is 346. The summed E-state index contributed by atoms with van der Waals surface area (Å²) in [6.45, 7) is 4.61. The van der Waals surface area contributed by atoms with Crippen molar-refractivity contribution in [3.8, 4) is 0 Å². The minimum atomic E-state index is -0.259. The van der Waals surface area contributed by atoms with Gasteiger partial charge in [0.2, 0.25) is 0 Å². The van der Waals surface area contributed by atoms with Gasteiger partial charge in [-0.1, -0.05) is 13.3 Å². The predicted octanol–water partition coefficient (Wildman–Crippen LogP) is 2.67. The SMILES string of the molecule is CCCOCCn1cc2c(c1)C(O)CCCC2. The Balaban J connectivity index is 1.94. The van der Waals surface area contributed by atoms with Gasteiger partial charge in [0.25, 0.3) is 0 Å². The quantitative estimate of drug-likeness (QED) is 0.631. The van der Waals surface area contributed by atoms with Crippen molar-refractivity contribution in [3.05, 3.63) is 23.5 Å². The van der Waals surface area contributed by atoms with Crippen LogP contribution in [0, 0.1) is 0 Å². The standard InChI is InChI=1S/C14H23NO2/c1-2-8-17-9-7-15-10-12-5-3-4-6-14(16)13(12)11-15/h10-11,14,16H,2-9H2,1H3. The molecule has 1 atom stereocenters. The Morgan fingerprint density at radius 2 is 2.24 bits per heavy atom. The van der Waals surface area contributed by atoms with Gasteiger partial charge < -0.3 is 14.4 Å². The van der Waals surface area contributed by atoms with Gasteiger partial charge in [-0.25, -0.2) is 0 Å². The monoisotopic (exact) mass is 237 g/mol. The number of hydrogen-bond donors (Lipinski definition) is 1. The van der Waals surface area contributed by atoms with E-state index in [0.717, 1.165) is 51.0 Å². The van der Waals surface area contributed by atoms with Crippen LogP contribution in [-0.4, -0.2) is 22.9 Å². The van der Waals surface area contributed by atoms with Gasteiger partial charge in [-0.15, -0.1) is 0 Å². The van der Waals surface area contributed by atoms with Crippen molar-refractivity contribution in [2.45, 2.75) is 51.7 Å². The van der Waals surface area contributed by atoms with E-state index in [1.165, 1.54) is 12.0 Å². The first-order valence-corrected chi connectivity index (χ1v) is 6.75. The van der Waals surface area contributed by atoms with Gasteiger partial charge in [-0.3, -0.25) is 0 Å². The highest BCUT2D eigenvalue weighted by atomic mass is 16.5. The van der Waals surface area contributed by atoms with E-state index in [1.807, 2.05) is 0 Å². The molecule has 3 nitrogen and oxygen atoms in total. The summed E-state index contributed by atoms with van der Waals surface area (Å²) >= 11 is 0. The molecule has 1 heterocycles. The average molecular weight is 237 g/mol. The molecule has 17 heavy (non-hydrogen) atoms. The molecule has 1 aromatic rings. The maximum Gasteiger partial charge on any atom is 0.0807 e. The van der Waals surface area contributed by atoms with Gasteiger partial charge in [0.05, 0.1) is 12.7 Å². The molecule has 1 N–H and O–H groups in total. The highest BCUT2D eigenvalue weighted by Gasteiger charge is 2.18. The van der Waals surface area contributed by atoms with E-state index in [0.29, 0.717) is 0 Å². The molecular weight excluding hydrogens is 214 g/mol. The maximum absolute atomic E-state index is 10.0. The maximum atomic E-state index is 10.0. The zero-order valence-corrected chi connectivity index (χ0v) is 10.7. The summed E-state index contributed by atoms with van der Waals surface area (Å²) in [5.74, 6) is 0. The molecule has 1 aliphatic carbocycles. The molecule has 1 unspecified atom stereocenters. The molecule has 0 aliphatic heterocycles. The van der Waals surface area contributed by atoms with Gasteiger partial charge >= 0.3 is 0 Å². The molecule has 1 aliphatic rings. The lowest BCUT2D eigenvalue weighted by Crippen LogP contribution is -2.05. The molecule has 96 valence electrons. The lowest BCUT2D eigenvalue weighted by molar-refractivity contribution is 0.126. The zero-order valence-electron chi connectivity index (χ0n) is 10.7. The number of rotatable bonds is 5. The smallest absolute Gasteiger partial charge is 0.0807 e. The normalized spacial score (nSPS) is 20.0. The Morgan fingerprint density at radius 1 is 1.35 bits per heavy atom. The minimum absolute atomic E-state index is 0.259. The van der Waals surface area contributed by atoms with Crippen LogP contribution in [0.4, 0.5) is 0 Å². The van der Waals surface area contributed by atoms with Gasteiger partial charge in [0.1, 0.15) is 0 Å². The molecule has 0 aromatic carbocycles. The molecule has 0 bridgehead atoms. The third kappa shape index (κ3) is 3.33. The summed E-state index contributed by atoms with van der Waals surface area (Å²) in [6.07, 6.45) is 9.43. The van der Waals surface area contributed by atoms with E-state index in [1.54, 1.807) is 0 Å². The molecule has 0 fully saturated rings. The van der Waals surface area contributed by atoms with Crippen molar-refractivity contribution in [2.24, 2.45) is 0 Å². The lowest BCUT2D eigenvalue weighted by Gasteiger charge is -2.06. The first-order chi connectivity index (χ1) is 8.31. The Hall–Kier alpha value is -0.800. The second-order valence-corrected chi connectivity index (χ2v) is 4.85. The van der Waals surface area contributed by atoms with Crippen molar-refractivity contribution in [3.63, 3.8) is 0 Å². The summed E-state index contributed by atoms with van der Waals surface area (Å²) in [4.78, 5) is 0. The van der Waals surface area contributed by atoms with Crippen LogP contribution in [0.25, 0.3) is 0 Å². The zero-order chi connectivity index (χ0) is 12.1. The molecule has 2 rings (SSSR count). The molecule has 3 heteroatoms. The number of aliphatic hydroxyl groups is 1. The molecule has 0 spiro atoms. The molecule has 1 aromatic heterocycles. The Kier molecular flexibility index (Phi) is 4.63. The number of nitrogens with zero attached hydrogens (tertiary/aromatic N) is 1. The van der Waals surface area contributed by atoms with Crippen molar-refractivity contribution < 1.29 is 9.84 Å². The van der Waals surface area contributed by atoms with Gasteiger partial charge in [-0.05, 0) is 31.2 Å². The van der Waals surface area contributed by atoms with Crippen molar-refractivity contribution in [1.82, 2.24) is 4.57 Å². The highest BCUT2D eigenvalue weighted by molar-refractivity contribution is 5.27. The van der Waals surface area contributed by atoms with Crippen LogP contribution in [0.2, 0.25) is 0 Å². The van der Waals surface area contributed by atoms with Crippen LogP contribution in [-0.2, 0) is 17.7 Å². The van der Waals surface area contributed by atoms with Gasteiger partial charge in [-0.2, -0.15) is 0 Å². The van der Waals surface area contributed by atoms with Crippen molar-refractivity contribution >= 4 is 0 Å². The second-order valence-electron chi connectivity index (χ2n) is 4.85. The largest absolute Gasteiger partial charge is 0.388 e. The fourth-order valence-corrected chi connectivity index (χ4v) is 2.44. The number of aromatic nitrogens is 1. The average Bonchev–Trinajstić information content (AvgIpc) is 2.66. The molecular formula is C14H23NO2. The van der Waals surface area contributed by atoms with E-state index in [-0.39, 0.29) is 6.10 Å². The van der Waals surface area contributed by atoms with E-state index in [4.69, 9.17) is 4.74 Å². The first kappa shape index (κ1) is 12.7. The number of hydrogen-bond acceptors (Lipinski definition) is 2. The number of ether oxygens (including phenoxy) is 1. The highest BCUT2D eigenvalue weighted by Crippen LogP contribution is 2.29. The van der Waals surface area contributed by atoms with Crippen LogP contribution >= 0.6 is 0 Å². The Morgan fingerprint density at radius 3 is 3.06 bits per heavy atom. The van der Waals surface area contributed by atoms with Gasteiger partial charge in [0, 0.05) is 31.1 Å². The topological polar surface area (TPSA) is 34.4 Å². The third-order valence-electron chi connectivity index (χ3n) is 3.37. The van der Waals surface area contributed by atoms with E-state index in [9.17, 15) is 5.11 Å². The fraction of sp³-hybridized carbons (Fsp3) is 0.714. The van der Waals surface area contributed by atoms with E-state index in [2.05, 4.69) is 23.9 Å². The Labute approximate surface area is 103 Å². The summed E-state index contributed by atoms with van der Waals surface area (Å²) in [5, 5.41) is 10.0. The summed E-state index contributed by atoms with van der Waals surface area (Å²) < 4.78 is 7.65. The number of aryl methyl sites for hydroxylation is 1. The molecule has 0 radical (unpaired) electrons. The summed E-state index contributed by atoms with van der Waals surface area (Å²) in [7, 11) is 0. The summed E-state index contributed by atoms with van der Waals surface area (Å²) in [6, 6.07) is 0. The van der Waals surface area contributed by atoms with Gasteiger partial charge in [0.15, 0.2) is 0 Å². The fourth-order valence-electron chi connectivity index (χ4n) is 2.44. The van der Waals surface area contributed by atoms with Crippen LogP contribution in [0.15, 0.2) is 12.4 Å². The molecule has 0 saturated heterocycles. The molecule has 0 saturated carbocycles. The van der Waals surface area contributed by atoms with Crippen LogP contribution in [0.3, 0.4) is 0 Å². The van der Waals surface area contributed by atoms with Crippen molar-refractivity contribution in [2.75, 3.05) is 13.2 Å². The molecule has 0 amide bonds. The number of fused-ring (bicyclic) bond motifs is 1. The predicted molar refractivity (Wildman–Crippen MR) is 68.1 cm³/mol. The summed E-state index contributed by atoms with van der Waals surface area (Å²) in [5.41, 5.74) is 2.46. The van der Waals surface area contributed by atoms with Crippen LogP contribution < -0.4 is 0 Å². The number of aliphatic hydroxyl groups excluding tert-OH is 1. The van der Waals surface area contributed by atoms with E-state index >= 15 is 0 Å². The second kappa shape index (κ2) is 6.22. The van der Waals surface area contributed by atoms with Crippen LogP contribution in [0.1, 0.15) is 49.8 Å².